The van der Waals surface area contributed by atoms with Crippen molar-refractivity contribution < 1.29 is 8.42 Å². The maximum Gasteiger partial charge on any atom is 0.241 e. The van der Waals surface area contributed by atoms with Crippen molar-refractivity contribution in [2.45, 2.75) is 51.5 Å². The highest BCUT2D eigenvalue weighted by Crippen LogP contribution is 2.21. The third-order valence-electron chi connectivity index (χ3n) is 3.25. The van der Waals surface area contributed by atoms with Crippen molar-refractivity contribution in [3.8, 4) is 0 Å². The Bertz CT molecular complexity index is 528. The summed E-state index contributed by atoms with van der Waals surface area (Å²) in [6.45, 7) is 7.97. The summed E-state index contributed by atoms with van der Waals surface area (Å²) < 4.78 is 28.2. The first-order valence-corrected chi connectivity index (χ1v) is 8.82. The molecule has 0 bridgehead atoms. The zero-order chi connectivity index (χ0) is 14.6. The summed E-state index contributed by atoms with van der Waals surface area (Å²) in [5, 5.41) is 0. The predicted molar refractivity (Wildman–Crippen MR) is 82.7 cm³/mol. The molecule has 0 fully saturated rings. The lowest BCUT2D eigenvalue weighted by molar-refractivity contribution is 0.445. The van der Waals surface area contributed by atoms with Gasteiger partial charge in [-0.05, 0) is 43.9 Å². The molecule has 0 aliphatic rings. The van der Waals surface area contributed by atoms with Crippen molar-refractivity contribution in [3.63, 3.8) is 0 Å². The molecule has 0 aliphatic carbocycles. The fraction of sp³-hybridized carbons (Fsp3) is 0.571. The largest absolute Gasteiger partial charge is 0.241 e. The van der Waals surface area contributed by atoms with E-state index in [1.807, 2.05) is 13.0 Å². The highest BCUT2D eigenvalue weighted by molar-refractivity contribution is 9.10. The molecule has 108 valence electrons. The molecule has 1 rings (SSSR count). The van der Waals surface area contributed by atoms with Gasteiger partial charge in [0.1, 0.15) is 0 Å². The normalized spacial score (nSPS) is 15.2. The molecule has 5 heteroatoms. The maximum absolute atomic E-state index is 12.4. The van der Waals surface area contributed by atoms with Gasteiger partial charge >= 0.3 is 0 Å². The molecule has 0 saturated carbocycles. The molecule has 2 atom stereocenters. The standard InChI is InChI=1S/C14H22BrNO2S/c1-5-10(2)8-12(4)16-19(17,18)14-9-13(15)7-6-11(14)3/h6-7,9-10,12,16H,5,8H2,1-4H3. The van der Waals surface area contributed by atoms with Crippen LogP contribution in [0.4, 0.5) is 0 Å². The minimum absolute atomic E-state index is 0.0571. The van der Waals surface area contributed by atoms with E-state index >= 15 is 0 Å². The van der Waals surface area contributed by atoms with Crippen molar-refractivity contribution in [1.29, 1.82) is 0 Å². The van der Waals surface area contributed by atoms with Crippen LogP contribution in [0.2, 0.25) is 0 Å². The van der Waals surface area contributed by atoms with Crippen molar-refractivity contribution >= 4 is 26.0 Å². The van der Waals surface area contributed by atoms with E-state index in [-0.39, 0.29) is 6.04 Å². The lowest BCUT2D eigenvalue weighted by Gasteiger charge is -2.18. The number of rotatable bonds is 6. The van der Waals surface area contributed by atoms with Gasteiger partial charge in [-0.25, -0.2) is 13.1 Å². The predicted octanol–water partition coefficient (Wildman–Crippen LogP) is 3.86. The second kappa shape index (κ2) is 6.86. The summed E-state index contributed by atoms with van der Waals surface area (Å²) in [5.74, 6) is 0.515. The monoisotopic (exact) mass is 347 g/mol. The molecular weight excluding hydrogens is 326 g/mol. The number of hydrogen-bond acceptors (Lipinski definition) is 2. The zero-order valence-corrected chi connectivity index (χ0v) is 14.3. The van der Waals surface area contributed by atoms with Gasteiger partial charge in [-0.2, -0.15) is 0 Å². The Morgan fingerprint density at radius 3 is 2.53 bits per heavy atom. The fourth-order valence-electron chi connectivity index (χ4n) is 2.01. The van der Waals surface area contributed by atoms with Crippen LogP contribution in [0.15, 0.2) is 27.6 Å². The van der Waals surface area contributed by atoms with Gasteiger partial charge in [0.05, 0.1) is 4.90 Å². The van der Waals surface area contributed by atoms with Crippen LogP contribution in [0, 0.1) is 12.8 Å². The van der Waals surface area contributed by atoms with Gasteiger partial charge in [0, 0.05) is 10.5 Å². The summed E-state index contributed by atoms with van der Waals surface area (Å²) >= 11 is 3.31. The summed E-state index contributed by atoms with van der Waals surface area (Å²) in [4.78, 5) is 0.345. The van der Waals surface area contributed by atoms with Gasteiger partial charge in [-0.3, -0.25) is 0 Å². The minimum atomic E-state index is -3.45. The summed E-state index contributed by atoms with van der Waals surface area (Å²) in [6.07, 6.45) is 1.91. The minimum Gasteiger partial charge on any atom is -0.208 e. The van der Waals surface area contributed by atoms with Gasteiger partial charge in [-0.1, -0.05) is 42.3 Å². The van der Waals surface area contributed by atoms with E-state index in [1.54, 1.807) is 19.1 Å². The van der Waals surface area contributed by atoms with Crippen LogP contribution >= 0.6 is 15.9 Å². The van der Waals surface area contributed by atoms with Crippen LogP contribution < -0.4 is 4.72 Å². The summed E-state index contributed by atoms with van der Waals surface area (Å²) in [6, 6.07) is 5.24. The van der Waals surface area contributed by atoms with Crippen molar-refractivity contribution in [3.05, 3.63) is 28.2 Å². The molecule has 0 heterocycles. The van der Waals surface area contributed by atoms with Crippen molar-refractivity contribution in [2.24, 2.45) is 5.92 Å². The molecule has 0 spiro atoms. The van der Waals surface area contributed by atoms with E-state index in [0.717, 1.165) is 22.9 Å². The SMILES string of the molecule is CCC(C)CC(C)NS(=O)(=O)c1cc(Br)ccc1C. The average Bonchev–Trinajstić information content (AvgIpc) is 2.31. The highest BCUT2D eigenvalue weighted by atomic mass is 79.9. The van der Waals surface area contributed by atoms with Crippen LogP contribution in [0.1, 0.15) is 39.2 Å². The molecule has 1 N–H and O–H groups in total. The number of hydrogen-bond donors (Lipinski definition) is 1. The Labute approximate surface area is 125 Å². The van der Waals surface area contributed by atoms with Crippen LogP contribution in [0.25, 0.3) is 0 Å². The zero-order valence-electron chi connectivity index (χ0n) is 11.9. The maximum atomic E-state index is 12.4. The third kappa shape index (κ3) is 4.89. The Balaban J connectivity index is 2.89. The Morgan fingerprint density at radius 2 is 1.95 bits per heavy atom. The highest BCUT2D eigenvalue weighted by Gasteiger charge is 2.20. The lowest BCUT2D eigenvalue weighted by Crippen LogP contribution is -2.34. The number of sulfonamides is 1. The molecule has 0 amide bonds. The Morgan fingerprint density at radius 1 is 1.32 bits per heavy atom. The van der Waals surface area contributed by atoms with Gasteiger partial charge in [0.2, 0.25) is 10.0 Å². The first kappa shape index (κ1) is 16.7. The van der Waals surface area contributed by atoms with E-state index in [4.69, 9.17) is 0 Å². The van der Waals surface area contributed by atoms with Gasteiger partial charge < -0.3 is 0 Å². The van der Waals surface area contributed by atoms with Gasteiger partial charge in [-0.15, -0.1) is 0 Å². The van der Waals surface area contributed by atoms with Crippen molar-refractivity contribution in [2.75, 3.05) is 0 Å². The van der Waals surface area contributed by atoms with E-state index in [1.165, 1.54) is 0 Å². The topological polar surface area (TPSA) is 46.2 Å². The smallest absolute Gasteiger partial charge is 0.208 e. The Kier molecular flexibility index (Phi) is 6.02. The molecule has 3 nitrogen and oxygen atoms in total. The second-order valence-corrected chi connectivity index (χ2v) is 7.78. The number of halogens is 1. The van der Waals surface area contributed by atoms with E-state index in [9.17, 15) is 8.42 Å². The first-order chi connectivity index (χ1) is 8.76. The van der Waals surface area contributed by atoms with Crippen LogP contribution in [-0.4, -0.2) is 14.5 Å². The van der Waals surface area contributed by atoms with Crippen LogP contribution in [0.5, 0.6) is 0 Å². The van der Waals surface area contributed by atoms with Gasteiger partial charge in [0.15, 0.2) is 0 Å². The Hall–Kier alpha value is -0.390. The molecule has 19 heavy (non-hydrogen) atoms. The van der Waals surface area contributed by atoms with Gasteiger partial charge in [0.25, 0.3) is 0 Å². The molecular formula is C14H22BrNO2S. The summed E-state index contributed by atoms with van der Waals surface area (Å²) in [7, 11) is -3.45. The molecule has 2 unspecified atom stereocenters. The first-order valence-electron chi connectivity index (χ1n) is 6.54. The van der Waals surface area contributed by atoms with Crippen molar-refractivity contribution in [1.82, 2.24) is 4.72 Å². The molecule has 0 radical (unpaired) electrons. The van der Waals surface area contributed by atoms with Crippen LogP contribution in [0.3, 0.4) is 0 Å². The molecule has 1 aromatic carbocycles. The third-order valence-corrected chi connectivity index (χ3v) is 5.47. The van der Waals surface area contributed by atoms with Crippen LogP contribution in [-0.2, 0) is 10.0 Å². The number of benzene rings is 1. The number of nitrogens with one attached hydrogen (secondary N) is 1. The quantitative estimate of drug-likeness (QED) is 0.849. The number of aryl methyl sites for hydroxylation is 1. The van der Waals surface area contributed by atoms with E-state index in [2.05, 4.69) is 34.5 Å². The average molecular weight is 348 g/mol. The second-order valence-electron chi connectivity index (χ2n) is 5.18. The molecule has 0 aromatic heterocycles. The van der Waals surface area contributed by atoms with E-state index < -0.39 is 10.0 Å². The molecule has 0 saturated heterocycles. The molecule has 1 aromatic rings. The molecule has 0 aliphatic heterocycles. The summed E-state index contributed by atoms with van der Waals surface area (Å²) in [5.41, 5.74) is 0.756. The fourth-order valence-corrected chi connectivity index (χ4v) is 4.05. The van der Waals surface area contributed by atoms with E-state index in [0.29, 0.717) is 10.8 Å². The lowest BCUT2D eigenvalue weighted by atomic mass is 10.0.